The Morgan fingerprint density at radius 2 is 1.95 bits per heavy atom. The molecule has 0 saturated carbocycles. The molecule has 0 aliphatic rings. The Labute approximate surface area is 138 Å². The van der Waals surface area contributed by atoms with E-state index < -0.39 is 11.6 Å². The molecule has 0 fully saturated rings. The molecule has 22 heavy (non-hydrogen) atoms. The first-order valence-electron chi connectivity index (χ1n) is 6.29. The second-order valence-electron chi connectivity index (χ2n) is 4.64. The van der Waals surface area contributed by atoms with E-state index in [0.717, 1.165) is 6.07 Å². The Morgan fingerprint density at radius 3 is 2.73 bits per heavy atom. The minimum atomic E-state index is -0.944. The highest BCUT2D eigenvalue weighted by Crippen LogP contribution is 2.32. The standard InChI is InChI=1S/C15H9BrClF2N3/c1-7-11(22-10-4-5-20-15(17)12(10)16)6-8-2-3-9(18)13(19)14(8)21-7/h2-6H,1H3,(H,20,22). The monoisotopic (exact) mass is 383 g/mol. The molecule has 1 aromatic carbocycles. The van der Waals surface area contributed by atoms with Crippen molar-refractivity contribution in [1.82, 2.24) is 9.97 Å². The van der Waals surface area contributed by atoms with Crippen LogP contribution < -0.4 is 5.32 Å². The van der Waals surface area contributed by atoms with Gasteiger partial charge in [-0.05, 0) is 47.1 Å². The Morgan fingerprint density at radius 1 is 1.18 bits per heavy atom. The van der Waals surface area contributed by atoms with Gasteiger partial charge in [-0.1, -0.05) is 11.6 Å². The van der Waals surface area contributed by atoms with E-state index in [0.29, 0.717) is 32.1 Å². The fraction of sp³-hybridized carbons (Fsp3) is 0.0667. The van der Waals surface area contributed by atoms with Crippen molar-refractivity contribution in [2.24, 2.45) is 0 Å². The van der Waals surface area contributed by atoms with E-state index in [4.69, 9.17) is 11.6 Å². The topological polar surface area (TPSA) is 37.8 Å². The summed E-state index contributed by atoms with van der Waals surface area (Å²) in [7, 11) is 0. The Kier molecular flexibility index (Phi) is 3.97. The van der Waals surface area contributed by atoms with Crippen molar-refractivity contribution in [3.8, 4) is 0 Å². The zero-order valence-electron chi connectivity index (χ0n) is 11.3. The van der Waals surface area contributed by atoms with Gasteiger partial charge in [-0.2, -0.15) is 0 Å². The van der Waals surface area contributed by atoms with E-state index in [1.54, 1.807) is 25.3 Å². The van der Waals surface area contributed by atoms with Crippen molar-refractivity contribution >= 4 is 49.8 Å². The molecule has 3 rings (SSSR count). The number of hydrogen-bond donors (Lipinski definition) is 1. The molecule has 0 aliphatic heterocycles. The molecule has 0 bridgehead atoms. The summed E-state index contributed by atoms with van der Waals surface area (Å²) in [6.45, 7) is 1.71. The van der Waals surface area contributed by atoms with Crippen molar-refractivity contribution in [2.45, 2.75) is 6.92 Å². The van der Waals surface area contributed by atoms with Gasteiger partial charge in [0.1, 0.15) is 10.7 Å². The Hall–Kier alpha value is -1.79. The van der Waals surface area contributed by atoms with Gasteiger partial charge in [0.15, 0.2) is 11.6 Å². The van der Waals surface area contributed by atoms with Gasteiger partial charge in [0.05, 0.1) is 21.5 Å². The summed E-state index contributed by atoms with van der Waals surface area (Å²) in [5.74, 6) is -1.86. The largest absolute Gasteiger partial charge is 0.353 e. The fourth-order valence-corrected chi connectivity index (χ4v) is 2.55. The highest BCUT2D eigenvalue weighted by atomic mass is 79.9. The molecule has 0 aliphatic carbocycles. The zero-order valence-corrected chi connectivity index (χ0v) is 13.6. The van der Waals surface area contributed by atoms with E-state index in [-0.39, 0.29) is 5.52 Å². The number of rotatable bonds is 2. The van der Waals surface area contributed by atoms with Gasteiger partial charge in [-0.25, -0.2) is 18.7 Å². The molecule has 1 N–H and O–H groups in total. The summed E-state index contributed by atoms with van der Waals surface area (Å²) in [6.07, 6.45) is 1.56. The average molecular weight is 385 g/mol. The number of nitrogens with zero attached hydrogens (tertiary/aromatic N) is 2. The van der Waals surface area contributed by atoms with E-state index in [1.807, 2.05) is 0 Å². The van der Waals surface area contributed by atoms with Gasteiger partial charge in [0.25, 0.3) is 0 Å². The minimum Gasteiger partial charge on any atom is -0.353 e. The number of aryl methyl sites for hydroxylation is 1. The highest BCUT2D eigenvalue weighted by Gasteiger charge is 2.12. The quantitative estimate of drug-likeness (QED) is 0.603. The number of hydrogen-bond acceptors (Lipinski definition) is 3. The molecule has 0 atom stereocenters. The maximum Gasteiger partial charge on any atom is 0.184 e. The van der Waals surface area contributed by atoms with Crippen LogP contribution in [0, 0.1) is 18.6 Å². The first kappa shape index (κ1) is 15.1. The molecule has 0 radical (unpaired) electrons. The third-order valence-electron chi connectivity index (χ3n) is 3.19. The molecule has 2 heterocycles. The molecule has 7 heteroatoms. The number of nitrogens with one attached hydrogen (secondary N) is 1. The molecular formula is C15H9BrClF2N3. The smallest absolute Gasteiger partial charge is 0.184 e. The van der Waals surface area contributed by atoms with Crippen LogP contribution >= 0.6 is 27.5 Å². The number of anilines is 2. The molecule has 0 spiro atoms. The zero-order chi connectivity index (χ0) is 15.9. The van der Waals surface area contributed by atoms with Crippen LogP contribution in [0.3, 0.4) is 0 Å². The van der Waals surface area contributed by atoms with Crippen molar-refractivity contribution in [2.75, 3.05) is 5.32 Å². The third-order valence-corrected chi connectivity index (χ3v) is 4.50. The Balaban J connectivity index is 2.10. The van der Waals surface area contributed by atoms with E-state index in [9.17, 15) is 8.78 Å². The number of fused-ring (bicyclic) bond motifs is 1. The summed E-state index contributed by atoms with van der Waals surface area (Å²) in [5, 5.41) is 3.98. The van der Waals surface area contributed by atoms with Crippen molar-refractivity contribution in [1.29, 1.82) is 0 Å². The summed E-state index contributed by atoms with van der Waals surface area (Å²) in [6, 6.07) is 6.02. The van der Waals surface area contributed by atoms with Crippen LogP contribution in [-0.4, -0.2) is 9.97 Å². The summed E-state index contributed by atoms with van der Waals surface area (Å²) < 4.78 is 27.6. The molecule has 2 aromatic heterocycles. The molecule has 0 saturated heterocycles. The number of pyridine rings is 2. The lowest BCUT2D eigenvalue weighted by atomic mass is 10.1. The average Bonchev–Trinajstić information content (AvgIpc) is 2.49. The number of halogens is 4. The van der Waals surface area contributed by atoms with E-state index >= 15 is 0 Å². The van der Waals surface area contributed by atoms with Crippen LogP contribution in [-0.2, 0) is 0 Å². The van der Waals surface area contributed by atoms with Crippen LogP contribution in [0.4, 0.5) is 20.2 Å². The molecule has 3 nitrogen and oxygen atoms in total. The molecular weight excluding hydrogens is 376 g/mol. The summed E-state index contributed by atoms with van der Waals surface area (Å²) in [4.78, 5) is 8.09. The number of benzene rings is 1. The van der Waals surface area contributed by atoms with E-state index in [1.165, 1.54) is 6.07 Å². The van der Waals surface area contributed by atoms with Crippen LogP contribution in [0.2, 0.25) is 5.15 Å². The first-order chi connectivity index (χ1) is 10.5. The second kappa shape index (κ2) is 5.78. The summed E-state index contributed by atoms with van der Waals surface area (Å²) >= 11 is 9.29. The molecule has 0 amide bonds. The predicted molar refractivity (Wildman–Crippen MR) is 86.6 cm³/mol. The second-order valence-corrected chi connectivity index (χ2v) is 5.79. The van der Waals surface area contributed by atoms with Crippen LogP contribution in [0.15, 0.2) is 34.9 Å². The Bertz CT molecular complexity index is 886. The van der Waals surface area contributed by atoms with Gasteiger partial charge in [0, 0.05) is 11.6 Å². The normalized spacial score (nSPS) is 11.0. The van der Waals surface area contributed by atoms with Gasteiger partial charge in [0.2, 0.25) is 0 Å². The van der Waals surface area contributed by atoms with Crippen LogP contribution in [0.25, 0.3) is 10.9 Å². The van der Waals surface area contributed by atoms with Crippen molar-refractivity contribution in [3.05, 3.63) is 57.4 Å². The minimum absolute atomic E-state index is 0.00914. The molecule has 0 unspecified atom stereocenters. The first-order valence-corrected chi connectivity index (χ1v) is 7.47. The maximum atomic E-state index is 13.8. The van der Waals surface area contributed by atoms with Crippen molar-refractivity contribution < 1.29 is 8.78 Å². The molecule has 112 valence electrons. The van der Waals surface area contributed by atoms with Crippen LogP contribution in [0.1, 0.15) is 5.69 Å². The van der Waals surface area contributed by atoms with E-state index in [2.05, 4.69) is 31.2 Å². The maximum absolute atomic E-state index is 13.8. The predicted octanol–water partition coefficient (Wildman–Crippen LogP) is 5.38. The van der Waals surface area contributed by atoms with Crippen LogP contribution in [0.5, 0.6) is 0 Å². The lowest BCUT2D eigenvalue weighted by molar-refractivity contribution is 0.515. The van der Waals surface area contributed by atoms with Gasteiger partial charge in [-0.15, -0.1) is 0 Å². The number of aromatic nitrogens is 2. The SMILES string of the molecule is Cc1nc2c(F)c(F)ccc2cc1Nc1ccnc(Cl)c1Br. The highest BCUT2D eigenvalue weighted by molar-refractivity contribution is 9.10. The summed E-state index contributed by atoms with van der Waals surface area (Å²) in [5.41, 5.74) is 1.92. The van der Waals surface area contributed by atoms with Crippen molar-refractivity contribution in [3.63, 3.8) is 0 Å². The fourth-order valence-electron chi connectivity index (χ4n) is 2.06. The van der Waals surface area contributed by atoms with Gasteiger partial charge < -0.3 is 5.32 Å². The van der Waals surface area contributed by atoms with Gasteiger partial charge >= 0.3 is 0 Å². The third kappa shape index (κ3) is 2.64. The lowest BCUT2D eigenvalue weighted by Gasteiger charge is -2.12. The molecule has 3 aromatic rings. The lowest BCUT2D eigenvalue weighted by Crippen LogP contribution is -1.99. The van der Waals surface area contributed by atoms with Gasteiger partial charge in [-0.3, -0.25) is 0 Å².